The number of benzene rings is 3. The maximum absolute atomic E-state index is 14.3. The SMILES string of the molecule is CCOC(=O)CN1C(=O)C2C(c3ccc([N+](=O)[O-])cc3)C(C(=O)c3ccccc3)C(c3ccc(OC)c([N+](=O)[O-])c3)N2C1=O. The summed E-state index contributed by atoms with van der Waals surface area (Å²) < 4.78 is 10.1. The average molecular weight is 603 g/mol. The molecule has 4 atom stereocenters. The number of carbonyl (C=O) groups excluding carboxylic acids is 4. The predicted molar refractivity (Wildman–Crippen MR) is 152 cm³/mol. The highest BCUT2D eigenvalue weighted by molar-refractivity contribution is 6.09. The number of fused-ring (bicyclic) bond motifs is 1. The lowest BCUT2D eigenvalue weighted by molar-refractivity contribution is -0.385. The minimum atomic E-state index is -1.32. The molecule has 3 amide bonds. The fraction of sp³-hybridized carbons (Fsp3) is 0.267. The topological polar surface area (TPSA) is 180 Å². The summed E-state index contributed by atoms with van der Waals surface area (Å²) in [6.07, 6.45) is 0. The van der Waals surface area contributed by atoms with Crippen LogP contribution < -0.4 is 4.74 Å². The Labute approximate surface area is 250 Å². The van der Waals surface area contributed by atoms with Crippen molar-refractivity contribution in [3.05, 3.63) is 110 Å². The van der Waals surface area contributed by atoms with E-state index in [-0.39, 0.29) is 29.2 Å². The van der Waals surface area contributed by atoms with Gasteiger partial charge in [0.15, 0.2) is 11.5 Å². The van der Waals surface area contributed by atoms with E-state index in [0.717, 1.165) is 4.90 Å². The molecule has 2 saturated heterocycles. The Kier molecular flexibility index (Phi) is 8.07. The van der Waals surface area contributed by atoms with E-state index in [1.54, 1.807) is 37.3 Å². The summed E-state index contributed by atoms with van der Waals surface area (Å²) in [7, 11) is 1.26. The molecule has 0 saturated carbocycles. The van der Waals surface area contributed by atoms with Crippen LogP contribution in [0.25, 0.3) is 0 Å². The van der Waals surface area contributed by atoms with Crippen molar-refractivity contribution in [3.63, 3.8) is 0 Å². The number of nitro benzene ring substituents is 2. The number of carbonyl (C=O) groups is 4. The Hall–Kier alpha value is -5.66. The molecule has 2 aliphatic heterocycles. The first-order chi connectivity index (χ1) is 21.1. The van der Waals surface area contributed by atoms with Gasteiger partial charge in [0, 0.05) is 29.7 Å². The number of urea groups is 1. The summed E-state index contributed by atoms with van der Waals surface area (Å²) in [5, 5.41) is 23.3. The van der Waals surface area contributed by atoms with Crippen LogP contribution in [0.3, 0.4) is 0 Å². The molecule has 0 spiro atoms. The summed E-state index contributed by atoms with van der Waals surface area (Å²) in [6, 6.07) is 14.0. The first-order valence-electron chi connectivity index (χ1n) is 13.5. The molecule has 4 unspecified atom stereocenters. The first-order valence-corrected chi connectivity index (χ1v) is 13.5. The number of Topliss-reactive ketones (excluding diaryl/α,β-unsaturated/α-hetero) is 1. The first kappa shape index (κ1) is 29.8. The normalized spacial score (nSPS) is 20.8. The number of ether oxygens (including phenoxy) is 2. The van der Waals surface area contributed by atoms with E-state index in [1.165, 1.54) is 54.5 Å². The number of ketones is 1. The van der Waals surface area contributed by atoms with E-state index in [2.05, 4.69) is 0 Å². The molecule has 0 aromatic heterocycles. The Bertz CT molecular complexity index is 1660. The highest BCUT2D eigenvalue weighted by atomic mass is 16.6. The molecule has 44 heavy (non-hydrogen) atoms. The standard InChI is InChI=1S/C30H26N4O10/c1-3-44-23(35)16-31-29(37)27-24(17-9-12-20(13-10-17)33(39)40)25(28(36)18-7-5-4-6-8-18)26(32(27)30(31)38)19-11-14-22(43-2)21(15-19)34(41)42/h4-15,24-27H,3,16H2,1-2H3. The van der Waals surface area contributed by atoms with Gasteiger partial charge in [-0.3, -0.25) is 39.5 Å². The summed E-state index contributed by atoms with van der Waals surface area (Å²) in [6.45, 7) is 0.901. The number of nitrogens with zero attached hydrogens (tertiary/aromatic N) is 4. The third-order valence-corrected chi connectivity index (χ3v) is 7.82. The molecule has 0 radical (unpaired) electrons. The van der Waals surface area contributed by atoms with Crippen LogP contribution in [0, 0.1) is 26.1 Å². The number of hydrogen-bond acceptors (Lipinski definition) is 10. The number of non-ortho nitro benzene ring substituents is 1. The number of hydrogen-bond donors (Lipinski definition) is 0. The molecule has 14 nitrogen and oxygen atoms in total. The van der Waals surface area contributed by atoms with Crippen molar-refractivity contribution >= 4 is 35.1 Å². The van der Waals surface area contributed by atoms with Crippen LogP contribution in [0.15, 0.2) is 72.8 Å². The van der Waals surface area contributed by atoms with Crippen LogP contribution in [-0.2, 0) is 14.3 Å². The molecule has 2 aliphatic rings. The summed E-state index contributed by atoms with van der Waals surface area (Å²) in [5.41, 5.74) is 0.147. The highest BCUT2D eigenvalue weighted by Gasteiger charge is 2.63. The zero-order chi connectivity index (χ0) is 31.7. The minimum Gasteiger partial charge on any atom is -0.490 e. The zero-order valence-corrected chi connectivity index (χ0v) is 23.5. The van der Waals surface area contributed by atoms with Gasteiger partial charge in [0.25, 0.3) is 11.6 Å². The van der Waals surface area contributed by atoms with E-state index in [0.29, 0.717) is 5.56 Å². The second-order valence-electron chi connectivity index (χ2n) is 10.1. The molecule has 0 bridgehead atoms. The Morgan fingerprint density at radius 1 is 0.886 bits per heavy atom. The van der Waals surface area contributed by atoms with Gasteiger partial charge in [-0.2, -0.15) is 0 Å². The predicted octanol–water partition coefficient (Wildman–Crippen LogP) is 4.05. The molecule has 0 aliphatic carbocycles. The molecule has 3 aromatic carbocycles. The average Bonchev–Trinajstić information content (AvgIpc) is 3.49. The minimum absolute atomic E-state index is 0.0133. The van der Waals surface area contributed by atoms with Gasteiger partial charge in [0.1, 0.15) is 12.6 Å². The van der Waals surface area contributed by atoms with Gasteiger partial charge in [-0.05, 0) is 24.1 Å². The lowest BCUT2D eigenvalue weighted by Gasteiger charge is -2.28. The smallest absolute Gasteiger partial charge is 0.328 e. The van der Waals surface area contributed by atoms with Gasteiger partial charge in [-0.25, -0.2) is 4.79 Å². The number of esters is 1. The number of rotatable bonds is 10. The second kappa shape index (κ2) is 11.9. The van der Waals surface area contributed by atoms with Crippen molar-refractivity contribution < 1.29 is 38.5 Å². The van der Waals surface area contributed by atoms with Gasteiger partial charge < -0.3 is 14.4 Å². The summed E-state index contributed by atoms with van der Waals surface area (Å²) in [4.78, 5) is 78.6. The van der Waals surface area contributed by atoms with E-state index in [4.69, 9.17) is 9.47 Å². The largest absolute Gasteiger partial charge is 0.490 e. The third kappa shape index (κ3) is 5.10. The van der Waals surface area contributed by atoms with Crippen molar-refractivity contribution in [3.8, 4) is 5.75 Å². The van der Waals surface area contributed by atoms with Crippen LogP contribution in [0.5, 0.6) is 5.75 Å². The maximum Gasteiger partial charge on any atom is 0.328 e. The molecule has 2 heterocycles. The molecular weight excluding hydrogens is 576 g/mol. The van der Waals surface area contributed by atoms with Crippen molar-refractivity contribution in [2.24, 2.45) is 5.92 Å². The molecule has 2 fully saturated rings. The quantitative estimate of drug-likeness (QED) is 0.108. The summed E-state index contributed by atoms with van der Waals surface area (Å²) in [5.74, 6) is -4.31. The monoisotopic (exact) mass is 602 g/mol. The molecule has 5 rings (SSSR count). The van der Waals surface area contributed by atoms with Crippen LogP contribution in [0.1, 0.15) is 40.4 Å². The molecule has 14 heteroatoms. The van der Waals surface area contributed by atoms with E-state index < -0.39 is 69.7 Å². The van der Waals surface area contributed by atoms with Crippen molar-refractivity contribution in [2.45, 2.75) is 24.9 Å². The van der Waals surface area contributed by atoms with Crippen molar-refractivity contribution in [1.29, 1.82) is 0 Å². The van der Waals surface area contributed by atoms with Crippen LogP contribution >= 0.6 is 0 Å². The lowest BCUT2D eigenvalue weighted by atomic mass is 9.75. The van der Waals surface area contributed by atoms with Gasteiger partial charge in [0.05, 0.1) is 35.5 Å². The van der Waals surface area contributed by atoms with E-state index in [1.807, 2.05) is 0 Å². The van der Waals surface area contributed by atoms with Gasteiger partial charge in [0.2, 0.25) is 0 Å². The maximum atomic E-state index is 14.3. The number of methoxy groups -OCH3 is 1. The third-order valence-electron chi connectivity index (χ3n) is 7.82. The Morgan fingerprint density at radius 2 is 1.55 bits per heavy atom. The number of nitro groups is 2. The van der Waals surface area contributed by atoms with Crippen molar-refractivity contribution in [2.75, 3.05) is 20.3 Å². The van der Waals surface area contributed by atoms with Crippen LogP contribution in [0.4, 0.5) is 16.2 Å². The van der Waals surface area contributed by atoms with Gasteiger partial charge >= 0.3 is 17.7 Å². The number of imide groups is 1. The van der Waals surface area contributed by atoms with Crippen LogP contribution in [-0.4, -0.2) is 69.6 Å². The van der Waals surface area contributed by atoms with Gasteiger partial charge in [-0.15, -0.1) is 0 Å². The fourth-order valence-electron chi connectivity index (χ4n) is 6.01. The van der Waals surface area contributed by atoms with Gasteiger partial charge in [-0.1, -0.05) is 48.5 Å². The van der Waals surface area contributed by atoms with Crippen LogP contribution in [0.2, 0.25) is 0 Å². The Balaban J connectivity index is 1.74. The second-order valence-corrected chi connectivity index (χ2v) is 10.1. The molecule has 226 valence electrons. The molecule has 0 N–H and O–H groups in total. The summed E-state index contributed by atoms with van der Waals surface area (Å²) >= 11 is 0. The fourth-order valence-corrected chi connectivity index (χ4v) is 6.01. The number of amides is 3. The molecular formula is C30H26N4O10. The van der Waals surface area contributed by atoms with E-state index >= 15 is 0 Å². The Morgan fingerprint density at radius 3 is 2.14 bits per heavy atom. The lowest BCUT2D eigenvalue weighted by Crippen LogP contribution is -2.41. The zero-order valence-electron chi connectivity index (χ0n) is 23.5. The van der Waals surface area contributed by atoms with Crippen molar-refractivity contribution in [1.82, 2.24) is 9.80 Å². The highest BCUT2D eigenvalue weighted by Crippen LogP contribution is 2.54. The molecule has 3 aromatic rings. The van der Waals surface area contributed by atoms with E-state index in [9.17, 15) is 39.4 Å².